The molecular formula is C15H21N3O4. The molecule has 1 heterocycles. The maximum absolute atomic E-state index is 11.8. The summed E-state index contributed by atoms with van der Waals surface area (Å²) in [7, 11) is 0. The van der Waals surface area contributed by atoms with Crippen molar-refractivity contribution in [1.82, 2.24) is 15.5 Å². The molecule has 2 aliphatic carbocycles. The number of aryl methyl sites for hydroxylation is 1. The van der Waals surface area contributed by atoms with Crippen LogP contribution in [0.5, 0.6) is 0 Å². The van der Waals surface area contributed by atoms with Crippen LogP contribution in [0.2, 0.25) is 0 Å². The molecule has 1 aromatic rings. The molecule has 1 unspecified atom stereocenters. The molecule has 0 saturated heterocycles. The number of nitrogens with one attached hydrogen (secondary N) is 1. The van der Waals surface area contributed by atoms with Gasteiger partial charge in [-0.15, -0.1) is 0 Å². The fraction of sp³-hybridized carbons (Fsp3) is 0.733. The van der Waals surface area contributed by atoms with Crippen LogP contribution < -0.4 is 5.32 Å². The molecule has 0 aromatic carbocycles. The quantitative estimate of drug-likeness (QED) is 0.718. The molecule has 2 N–H and O–H groups in total. The van der Waals surface area contributed by atoms with E-state index in [0.29, 0.717) is 37.0 Å². The summed E-state index contributed by atoms with van der Waals surface area (Å²) in [6, 6.07) is -0.759. The minimum atomic E-state index is -0.953. The van der Waals surface area contributed by atoms with E-state index >= 15 is 0 Å². The third-order valence-electron chi connectivity index (χ3n) is 4.12. The lowest BCUT2D eigenvalue weighted by atomic mass is 10.1. The van der Waals surface area contributed by atoms with Crippen molar-refractivity contribution in [3.8, 4) is 0 Å². The number of aliphatic carboxylic acids is 1. The van der Waals surface area contributed by atoms with Crippen LogP contribution in [0.3, 0.4) is 0 Å². The zero-order valence-corrected chi connectivity index (χ0v) is 12.5. The number of carboxylic acids is 1. The Morgan fingerprint density at radius 3 is 2.73 bits per heavy atom. The van der Waals surface area contributed by atoms with E-state index in [2.05, 4.69) is 15.5 Å². The first-order valence-corrected chi connectivity index (χ1v) is 7.96. The van der Waals surface area contributed by atoms with Crippen molar-refractivity contribution < 1.29 is 19.2 Å². The lowest BCUT2D eigenvalue weighted by molar-refractivity contribution is -0.142. The SMILES string of the molecule is O=C(CCCc1nc(C2CC2)no1)NC(CC1CC1)C(=O)O. The van der Waals surface area contributed by atoms with E-state index in [4.69, 9.17) is 9.63 Å². The highest BCUT2D eigenvalue weighted by Gasteiger charge is 2.30. The second-order valence-electron chi connectivity index (χ2n) is 6.31. The van der Waals surface area contributed by atoms with Gasteiger partial charge in [-0.25, -0.2) is 4.79 Å². The number of hydrogen-bond acceptors (Lipinski definition) is 5. The molecule has 120 valence electrons. The summed E-state index contributed by atoms with van der Waals surface area (Å²) >= 11 is 0. The fourth-order valence-corrected chi connectivity index (χ4v) is 2.45. The highest BCUT2D eigenvalue weighted by Crippen LogP contribution is 2.38. The molecule has 3 rings (SSSR count). The zero-order valence-electron chi connectivity index (χ0n) is 12.5. The van der Waals surface area contributed by atoms with Gasteiger partial charge >= 0.3 is 5.97 Å². The van der Waals surface area contributed by atoms with Gasteiger partial charge in [-0.3, -0.25) is 4.79 Å². The highest BCUT2D eigenvalue weighted by atomic mass is 16.5. The number of hydrogen-bond donors (Lipinski definition) is 2. The third-order valence-corrected chi connectivity index (χ3v) is 4.12. The van der Waals surface area contributed by atoms with Crippen LogP contribution in [0.1, 0.15) is 62.6 Å². The van der Waals surface area contributed by atoms with Crippen molar-refractivity contribution in [2.75, 3.05) is 0 Å². The van der Waals surface area contributed by atoms with E-state index < -0.39 is 12.0 Å². The first kappa shape index (κ1) is 15.0. The first-order chi connectivity index (χ1) is 10.6. The summed E-state index contributed by atoms with van der Waals surface area (Å²) in [4.78, 5) is 27.3. The summed E-state index contributed by atoms with van der Waals surface area (Å²) in [5, 5.41) is 15.6. The minimum absolute atomic E-state index is 0.227. The van der Waals surface area contributed by atoms with Crippen LogP contribution in [0.25, 0.3) is 0 Å². The van der Waals surface area contributed by atoms with Gasteiger partial charge in [-0.1, -0.05) is 18.0 Å². The van der Waals surface area contributed by atoms with Gasteiger partial charge in [-0.05, 0) is 31.6 Å². The smallest absolute Gasteiger partial charge is 0.326 e. The Morgan fingerprint density at radius 2 is 2.09 bits per heavy atom. The molecule has 1 aromatic heterocycles. The zero-order chi connectivity index (χ0) is 15.5. The van der Waals surface area contributed by atoms with E-state index in [9.17, 15) is 9.59 Å². The molecule has 0 spiro atoms. The van der Waals surface area contributed by atoms with Crippen molar-refractivity contribution in [3.05, 3.63) is 11.7 Å². The summed E-state index contributed by atoms with van der Waals surface area (Å²) < 4.78 is 5.14. The first-order valence-electron chi connectivity index (χ1n) is 7.96. The van der Waals surface area contributed by atoms with Gasteiger partial charge in [0.05, 0.1) is 0 Å². The Balaban J connectivity index is 1.37. The molecule has 2 fully saturated rings. The van der Waals surface area contributed by atoms with E-state index in [0.717, 1.165) is 31.5 Å². The van der Waals surface area contributed by atoms with Gasteiger partial charge in [0.25, 0.3) is 0 Å². The summed E-state index contributed by atoms with van der Waals surface area (Å²) in [6.07, 6.45) is 6.32. The number of carbonyl (C=O) groups is 2. The van der Waals surface area contributed by atoms with Gasteiger partial charge in [-0.2, -0.15) is 4.98 Å². The second kappa shape index (κ2) is 6.46. The topological polar surface area (TPSA) is 105 Å². The second-order valence-corrected chi connectivity index (χ2v) is 6.31. The van der Waals surface area contributed by atoms with Crippen LogP contribution >= 0.6 is 0 Å². The molecule has 0 bridgehead atoms. The van der Waals surface area contributed by atoms with Gasteiger partial charge in [0.15, 0.2) is 5.82 Å². The molecule has 0 radical (unpaired) electrons. The number of carboxylic acid groups (broad SMARTS) is 1. The molecule has 2 aliphatic rings. The van der Waals surface area contributed by atoms with E-state index in [1.165, 1.54) is 0 Å². The van der Waals surface area contributed by atoms with Crippen molar-refractivity contribution >= 4 is 11.9 Å². The lowest BCUT2D eigenvalue weighted by Crippen LogP contribution is -2.41. The summed E-state index contributed by atoms with van der Waals surface area (Å²) in [6.45, 7) is 0. The Morgan fingerprint density at radius 1 is 1.32 bits per heavy atom. The average Bonchev–Trinajstić information content (AvgIpc) is 3.39. The van der Waals surface area contributed by atoms with E-state index in [1.807, 2.05) is 0 Å². The lowest BCUT2D eigenvalue weighted by Gasteiger charge is -2.13. The molecule has 7 heteroatoms. The van der Waals surface area contributed by atoms with Crippen molar-refractivity contribution in [2.24, 2.45) is 5.92 Å². The molecule has 22 heavy (non-hydrogen) atoms. The van der Waals surface area contributed by atoms with Gasteiger partial charge < -0.3 is 14.9 Å². The van der Waals surface area contributed by atoms with Crippen LogP contribution in [0.4, 0.5) is 0 Å². The van der Waals surface area contributed by atoms with Gasteiger partial charge in [0.2, 0.25) is 11.8 Å². The fourth-order valence-electron chi connectivity index (χ4n) is 2.45. The van der Waals surface area contributed by atoms with Gasteiger partial charge in [0, 0.05) is 18.8 Å². The molecule has 1 amide bonds. The normalized spacial score (nSPS) is 18.9. The third kappa shape index (κ3) is 4.29. The maximum atomic E-state index is 11.8. The van der Waals surface area contributed by atoms with Crippen molar-refractivity contribution in [1.29, 1.82) is 0 Å². The maximum Gasteiger partial charge on any atom is 0.326 e. The molecule has 0 aliphatic heterocycles. The van der Waals surface area contributed by atoms with E-state index in [1.54, 1.807) is 0 Å². The number of aromatic nitrogens is 2. The molecule has 1 atom stereocenters. The van der Waals surface area contributed by atoms with E-state index in [-0.39, 0.29) is 12.3 Å². The number of carbonyl (C=O) groups excluding carboxylic acids is 1. The predicted octanol–water partition coefficient (Wildman–Crippen LogP) is 1.64. The van der Waals surface area contributed by atoms with Crippen LogP contribution in [0.15, 0.2) is 4.52 Å². The van der Waals surface area contributed by atoms with Gasteiger partial charge in [0.1, 0.15) is 6.04 Å². The highest BCUT2D eigenvalue weighted by molar-refractivity contribution is 5.83. The molecular weight excluding hydrogens is 286 g/mol. The molecule has 7 nitrogen and oxygen atoms in total. The summed E-state index contributed by atoms with van der Waals surface area (Å²) in [5.74, 6) is 1.07. The van der Waals surface area contributed by atoms with Crippen molar-refractivity contribution in [2.45, 2.75) is 63.3 Å². The largest absolute Gasteiger partial charge is 0.480 e. The Kier molecular flexibility index (Phi) is 4.40. The summed E-state index contributed by atoms with van der Waals surface area (Å²) in [5.41, 5.74) is 0. The van der Waals surface area contributed by atoms with Crippen molar-refractivity contribution in [3.63, 3.8) is 0 Å². The number of nitrogens with zero attached hydrogens (tertiary/aromatic N) is 2. The standard InChI is InChI=1S/C15H21N3O4/c19-12(16-11(15(20)21)8-9-4-5-9)2-1-3-13-17-14(18-22-13)10-6-7-10/h9-11H,1-8H2,(H,16,19)(H,20,21). The monoisotopic (exact) mass is 307 g/mol. The minimum Gasteiger partial charge on any atom is -0.480 e. The molecule has 2 saturated carbocycles. The van der Waals surface area contributed by atoms with Crippen LogP contribution in [0, 0.1) is 5.92 Å². The predicted molar refractivity (Wildman–Crippen MR) is 76.1 cm³/mol. The average molecular weight is 307 g/mol. The van der Waals surface area contributed by atoms with Crippen LogP contribution in [-0.4, -0.2) is 33.2 Å². The van der Waals surface area contributed by atoms with Crippen LogP contribution in [-0.2, 0) is 16.0 Å². The Bertz CT molecular complexity index is 549. The Labute approximate surface area is 128 Å². The number of amides is 1. The Hall–Kier alpha value is -1.92. The number of rotatable bonds is 9.